The number of amides is 1. The Hall–Kier alpha value is -1.25. The lowest BCUT2D eigenvalue weighted by atomic mass is 10.2. The topological polar surface area (TPSA) is 63.3 Å². The second kappa shape index (κ2) is 2.91. The Morgan fingerprint density at radius 3 is 2.33 bits per heavy atom. The van der Waals surface area contributed by atoms with E-state index in [-0.39, 0.29) is 5.76 Å². The van der Waals surface area contributed by atoms with Crippen LogP contribution in [-0.4, -0.2) is 11.0 Å². The van der Waals surface area contributed by atoms with Gasteiger partial charge in [0.2, 0.25) is 5.91 Å². The van der Waals surface area contributed by atoms with E-state index in [1.54, 1.807) is 0 Å². The summed E-state index contributed by atoms with van der Waals surface area (Å²) < 4.78 is 0. The molecule has 0 bridgehead atoms. The van der Waals surface area contributed by atoms with Crippen LogP contribution in [0.25, 0.3) is 0 Å². The van der Waals surface area contributed by atoms with Gasteiger partial charge in [-0.05, 0) is 13.0 Å². The number of rotatable bonds is 2. The van der Waals surface area contributed by atoms with E-state index in [9.17, 15) is 4.79 Å². The number of carbonyl (C=O) groups is 1. The summed E-state index contributed by atoms with van der Waals surface area (Å²) in [6.45, 7) is 4.65. The maximum atomic E-state index is 10.2. The van der Waals surface area contributed by atoms with Crippen LogP contribution in [-0.2, 0) is 4.79 Å². The van der Waals surface area contributed by atoms with Crippen LogP contribution in [0.15, 0.2) is 24.0 Å². The van der Waals surface area contributed by atoms with E-state index in [1.165, 1.54) is 13.0 Å². The number of allylic oxidation sites excluding steroid dienone is 1. The molecule has 0 heterocycles. The van der Waals surface area contributed by atoms with Gasteiger partial charge < -0.3 is 10.8 Å². The van der Waals surface area contributed by atoms with Gasteiger partial charge in [0, 0.05) is 5.57 Å². The number of hydrogen-bond donors (Lipinski definition) is 2. The highest BCUT2D eigenvalue weighted by Gasteiger charge is 1.95. The molecular weight excluding hydrogens is 118 g/mol. The molecule has 0 atom stereocenters. The van der Waals surface area contributed by atoms with Crippen LogP contribution in [0.3, 0.4) is 0 Å². The fourth-order valence-corrected chi connectivity index (χ4v) is 0.321. The standard InChI is InChI=1S/C6H9NO2/c1-4(6(7)9)3-5(2)8/h3,8H,2H2,1H3,(H2,7,9). The lowest BCUT2D eigenvalue weighted by Crippen LogP contribution is -2.11. The first-order chi connectivity index (χ1) is 4.04. The molecule has 0 spiro atoms. The molecule has 0 aromatic heterocycles. The summed E-state index contributed by atoms with van der Waals surface area (Å²) in [5.41, 5.74) is 5.12. The SMILES string of the molecule is C=C(O)C=C(C)C(N)=O. The summed E-state index contributed by atoms with van der Waals surface area (Å²) in [4.78, 5) is 10.2. The first kappa shape index (κ1) is 7.75. The van der Waals surface area contributed by atoms with Crippen molar-refractivity contribution in [2.45, 2.75) is 6.92 Å². The second-order valence-corrected chi connectivity index (χ2v) is 1.68. The van der Waals surface area contributed by atoms with E-state index in [0.29, 0.717) is 5.57 Å². The Bertz CT molecular complexity index is 170. The Kier molecular flexibility index (Phi) is 2.51. The quantitative estimate of drug-likeness (QED) is 0.322. The van der Waals surface area contributed by atoms with Crippen molar-refractivity contribution in [1.29, 1.82) is 0 Å². The molecule has 3 heteroatoms. The summed E-state index contributed by atoms with van der Waals surface area (Å²) in [5.74, 6) is -0.712. The van der Waals surface area contributed by atoms with Gasteiger partial charge >= 0.3 is 0 Å². The van der Waals surface area contributed by atoms with E-state index >= 15 is 0 Å². The van der Waals surface area contributed by atoms with Crippen molar-refractivity contribution >= 4 is 5.91 Å². The first-order valence-electron chi connectivity index (χ1n) is 2.40. The molecule has 0 unspecified atom stereocenters. The van der Waals surface area contributed by atoms with Gasteiger partial charge in [-0.3, -0.25) is 4.79 Å². The van der Waals surface area contributed by atoms with Crippen LogP contribution in [0.4, 0.5) is 0 Å². The minimum atomic E-state index is -0.551. The Morgan fingerprint density at radius 1 is 1.78 bits per heavy atom. The number of primary amides is 1. The Balaban J connectivity index is 4.17. The lowest BCUT2D eigenvalue weighted by Gasteiger charge is -1.90. The first-order valence-corrected chi connectivity index (χ1v) is 2.40. The van der Waals surface area contributed by atoms with Gasteiger partial charge in [-0.2, -0.15) is 0 Å². The van der Waals surface area contributed by atoms with Crippen LogP contribution in [0, 0.1) is 0 Å². The molecule has 3 N–H and O–H groups in total. The van der Waals surface area contributed by atoms with Crippen LogP contribution in [0.1, 0.15) is 6.92 Å². The molecular formula is C6H9NO2. The molecule has 0 aromatic carbocycles. The third-order valence-corrected chi connectivity index (χ3v) is 0.772. The van der Waals surface area contributed by atoms with Crippen LogP contribution < -0.4 is 5.73 Å². The summed E-state index contributed by atoms with van der Waals surface area (Å²) in [6, 6.07) is 0. The molecule has 0 rings (SSSR count). The third kappa shape index (κ3) is 3.34. The van der Waals surface area contributed by atoms with Crippen LogP contribution in [0.5, 0.6) is 0 Å². The predicted molar refractivity (Wildman–Crippen MR) is 34.7 cm³/mol. The number of nitrogens with two attached hydrogens (primary N) is 1. The maximum absolute atomic E-state index is 10.2. The average molecular weight is 127 g/mol. The predicted octanol–water partition coefficient (Wildman–Crippen LogP) is 0.490. The molecule has 9 heavy (non-hydrogen) atoms. The van der Waals surface area contributed by atoms with Crippen molar-refractivity contribution in [2.24, 2.45) is 5.73 Å². The van der Waals surface area contributed by atoms with Gasteiger partial charge in [-0.1, -0.05) is 6.58 Å². The largest absolute Gasteiger partial charge is 0.509 e. The number of aliphatic hydroxyl groups excluding tert-OH is 1. The molecule has 3 nitrogen and oxygen atoms in total. The molecule has 0 radical (unpaired) electrons. The van der Waals surface area contributed by atoms with Gasteiger partial charge in [0.05, 0.1) is 0 Å². The summed E-state index contributed by atoms with van der Waals surface area (Å²) in [7, 11) is 0. The van der Waals surface area contributed by atoms with Gasteiger partial charge in [-0.25, -0.2) is 0 Å². The van der Waals surface area contributed by atoms with E-state index < -0.39 is 5.91 Å². The minimum absolute atomic E-state index is 0.161. The van der Waals surface area contributed by atoms with E-state index in [2.05, 4.69) is 6.58 Å². The summed E-state index contributed by atoms with van der Waals surface area (Å²) in [6.07, 6.45) is 1.21. The van der Waals surface area contributed by atoms with E-state index in [4.69, 9.17) is 10.8 Å². The zero-order valence-corrected chi connectivity index (χ0v) is 5.22. The number of hydrogen-bond acceptors (Lipinski definition) is 2. The monoisotopic (exact) mass is 127 g/mol. The average Bonchev–Trinajstić information content (AvgIpc) is 1.63. The van der Waals surface area contributed by atoms with Crippen molar-refractivity contribution in [3.8, 4) is 0 Å². The maximum Gasteiger partial charge on any atom is 0.244 e. The van der Waals surface area contributed by atoms with Gasteiger partial charge in [0.1, 0.15) is 5.76 Å². The van der Waals surface area contributed by atoms with Crippen LogP contribution in [0.2, 0.25) is 0 Å². The highest BCUT2D eigenvalue weighted by atomic mass is 16.3. The van der Waals surface area contributed by atoms with Crippen molar-refractivity contribution in [3.05, 3.63) is 24.0 Å². The smallest absolute Gasteiger partial charge is 0.244 e. The van der Waals surface area contributed by atoms with Gasteiger partial charge in [-0.15, -0.1) is 0 Å². The van der Waals surface area contributed by atoms with Crippen LogP contribution >= 0.6 is 0 Å². The Labute approximate surface area is 53.5 Å². The molecule has 1 amide bonds. The zero-order chi connectivity index (χ0) is 7.44. The number of carbonyl (C=O) groups excluding carboxylic acids is 1. The Morgan fingerprint density at radius 2 is 2.22 bits per heavy atom. The molecule has 0 fully saturated rings. The van der Waals surface area contributed by atoms with Crippen molar-refractivity contribution < 1.29 is 9.90 Å². The van der Waals surface area contributed by atoms with Gasteiger partial charge in [0.15, 0.2) is 0 Å². The third-order valence-electron chi connectivity index (χ3n) is 0.772. The van der Waals surface area contributed by atoms with Crippen molar-refractivity contribution in [1.82, 2.24) is 0 Å². The fourth-order valence-electron chi connectivity index (χ4n) is 0.321. The molecule has 0 aliphatic heterocycles. The molecule has 0 aliphatic carbocycles. The fraction of sp³-hybridized carbons (Fsp3) is 0.167. The molecule has 0 aliphatic rings. The zero-order valence-electron chi connectivity index (χ0n) is 5.22. The molecule has 0 saturated carbocycles. The second-order valence-electron chi connectivity index (χ2n) is 1.68. The minimum Gasteiger partial charge on any atom is -0.509 e. The molecule has 0 saturated heterocycles. The highest BCUT2D eigenvalue weighted by Crippen LogP contribution is 1.94. The van der Waals surface area contributed by atoms with Crippen molar-refractivity contribution in [2.75, 3.05) is 0 Å². The summed E-state index contributed by atoms with van der Waals surface area (Å²) >= 11 is 0. The van der Waals surface area contributed by atoms with Crippen molar-refractivity contribution in [3.63, 3.8) is 0 Å². The van der Waals surface area contributed by atoms with E-state index in [0.717, 1.165) is 0 Å². The molecule has 50 valence electrons. The normalized spacial score (nSPS) is 11.0. The van der Waals surface area contributed by atoms with E-state index in [1.807, 2.05) is 0 Å². The lowest BCUT2D eigenvalue weighted by molar-refractivity contribution is -0.114. The molecule has 0 aromatic rings. The van der Waals surface area contributed by atoms with Gasteiger partial charge in [0.25, 0.3) is 0 Å². The summed E-state index contributed by atoms with van der Waals surface area (Å²) in [5, 5.41) is 8.49. The number of aliphatic hydroxyl groups is 1. The highest BCUT2D eigenvalue weighted by molar-refractivity contribution is 5.91.